The fourth-order valence-corrected chi connectivity index (χ4v) is 2.90. The zero-order chi connectivity index (χ0) is 17.3. The van der Waals surface area contributed by atoms with E-state index in [1.807, 2.05) is 0 Å². The molecule has 0 bridgehead atoms. The second-order valence-corrected chi connectivity index (χ2v) is 5.62. The summed E-state index contributed by atoms with van der Waals surface area (Å²) in [7, 11) is 1.28. The average molecular weight is 363 g/mol. The van der Waals surface area contributed by atoms with Crippen LogP contribution in [0.1, 0.15) is 16.2 Å². The molecule has 2 aromatic carbocycles. The number of carbonyl (C=O) groups is 1. The molecule has 0 radical (unpaired) electrons. The molecule has 0 unspecified atom stereocenters. The lowest BCUT2D eigenvalue weighted by Crippen LogP contribution is -2.25. The van der Waals surface area contributed by atoms with Gasteiger partial charge in [0.05, 0.1) is 40.2 Å². The summed E-state index contributed by atoms with van der Waals surface area (Å²) in [6.45, 7) is 0. The van der Waals surface area contributed by atoms with Crippen LogP contribution in [-0.2, 0) is 10.6 Å². The topological polar surface area (TPSA) is 61.2 Å². The molecule has 0 atom stereocenters. The van der Waals surface area contributed by atoms with E-state index in [1.54, 1.807) is 42.5 Å². The molecule has 0 N–H and O–H groups in total. The highest BCUT2D eigenvalue weighted by molar-refractivity contribution is 6.35. The van der Waals surface area contributed by atoms with Gasteiger partial charge in [-0.15, -0.1) is 11.6 Å². The minimum atomic E-state index is -0.552. The quantitative estimate of drug-likeness (QED) is 0.527. The third-order valence-corrected chi connectivity index (χ3v) is 4.13. The highest BCUT2D eigenvalue weighted by Gasteiger charge is 2.19. The number of hydrogen-bond acceptors (Lipinski definition) is 4. The number of para-hydroxylation sites is 2. The van der Waals surface area contributed by atoms with Gasteiger partial charge in [-0.2, -0.15) is 0 Å². The van der Waals surface area contributed by atoms with Gasteiger partial charge in [-0.3, -0.25) is 9.36 Å². The second kappa shape index (κ2) is 6.63. The maximum Gasteiger partial charge on any atom is 0.339 e. The fourth-order valence-electron chi connectivity index (χ4n) is 2.51. The lowest BCUT2D eigenvalue weighted by Gasteiger charge is -2.15. The summed E-state index contributed by atoms with van der Waals surface area (Å²) < 4.78 is 6.11. The van der Waals surface area contributed by atoms with Gasteiger partial charge >= 0.3 is 5.97 Å². The summed E-state index contributed by atoms with van der Waals surface area (Å²) in [6, 6.07) is 11.6. The van der Waals surface area contributed by atoms with Gasteiger partial charge < -0.3 is 4.74 Å². The lowest BCUT2D eigenvalue weighted by molar-refractivity contribution is 0.0600. The SMILES string of the molecule is COC(=O)c1ccccc1-n1c(CCl)nc2c(Cl)cccc2c1=O. The Morgan fingerprint density at radius 1 is 1.21 bits per heavy atom. The number of nitrogens with zero attached hydrogens (tertiary/aromatic N) is 2. The Kier molecular flexibility index (Phi) is 4.55. The van der Waals surface area contributed by atoms with Crippen LogP contribution in [0.25, 0.3) is 16.6 Å². The molecule has 0 saturated carbocycles. The number of ether oxygens (including phenoxy) is 1. The van der Waals surface area contributed by atoms with E-state index >= 15 is 0 Å². The third-order valence-electron chi connectivity index (χ3n) is 3.59. The summed E-state index contributed by atoms with van der Waals surface area (Å²) in [5, 5.41) is 0.709. The first kappa shape index (κ1) is 16.5. The van der Waals surface area contributed by atoms with Crippen molar-refractivity contribution in [3.8, 4) is 5.69 Å². The van der Waals surface area contributed by atoms with E-state index < -0.39 is 5.97 Å². The van der Waals surface area contributed by atoms with Crippen molar-refractivity contribution in [3.05, 3.63) is 69.2 Å². The van der Waals surface area contributed by atoms with Crippen LogP contribution in [0.4, 0.5) is 0 Å². The Bertz CT molecular complexity index is 999. The van der Waals surface area contributed by atoms with Crippen LogP contribution in [0.2, 0.25) is 5.02 Å². The van der Waals surface area contributed by atoms with Gasteiger partial charge in [-0.1, -0.05) is 29.8 Å². The number of benzene rings is 2. The summed E-state index contributed by atoms with van der Waals surface area (Å²) in [4.78, 5) is 29.4. The molecule has 122 valence electrons. The summed E-state index contributed by atoms with van der Waals surface area (Å²) >= 11 is 12.1. The van der Waals surface area contributed by atoms with Crippen LogP contribution in [0.5, 0.6) is 0 Å². The third kappa shape index (κ3) is 2.66. The molecule has 1 aromatic heterocycles. The van der Waals surface area contributed by atoms with Crippen molar-refractivity contribution in [3.63, 3.8) is 0 Å². The van der Waals surface area contributed by atoms with Gasteiger partial charge in [0.2, 0.25) is 0 Å². The number of aromatic nitrogens is 2. The van der Waals surface area contributed by atoms with Crippen molar-refractivity contribution in [2.24, 2.45) is 0 Å². The Balaban J connectivity index is 2.42. The van der Waals surface area contributed by atoms with Crippen LogP contribution in [0.3, 0.4) is 0 Å². The molecule has 0 amide bonds. The molecule has 1 heterocycles. The van der Waals surface area contributed by atoms with Gasteiger partial charge in [0, 0.05) is 0 Å². The number of halogens is 2. The standard InChI is InChI=1S/C17H12Cl2N2O3/c1-24-17(23)10-5-2-3-8-13(10)21-14(9-18)20-15-11(16(21)22)6-4-7-12(15)19/h2-8H,9H2,1H3. The maximum atomic E-state index is 13.0. The normalized spacial score (nSPS) is 10.8. The van der Waals surface area contributed by atoms with Crippen molar-refractivity contribution >= 4 is 40.1 Å². The Labute approximate surface area is 147 Å². The van der Waals surface area contributed by atoms with Crippen molar-refractivity contribution in [2.75, 3.05) is 7.11 Å². The van der Waals surface area contributed by atoms with Crippen LogP contribution < -0.4 is 5.56 Å². The molecule has 0 spiro atoms. The van der Waals surface area contributed by atoms with Crippen LogP contribution in [-0.4, -0.2) is 22.6 Å². The van der Waals surface area contributed by atoms with Crippen molar-refractivity contribution in [1.82, 2.24) is 9.55 Å². The first-order valence-corrected chi connectivity index (χ1v) is 7.93. The fraction of sp³-hybridized carbons (Fsp3) is 0.118. The summed E-state index contributed by atoms with van der Waals surface area (Å²) in [5.74, 6) is -0.283. The monoisotopic (exact) mass is 362 g/mol. The number of esters is 1. The minimum Gasteiger partial charge on any atom is -0.465 e. The van der Waals surface area contributed by atoms with E-state index in [0.29, 0.717) is 27.4 Å². The van der Waals surface area contributed by atoms with Crippen LogP contribution in [0, 0.1) is 0 Å². The van der Waals surface area contributed by atoms with E-state index in [1.165, 1.54) is 11.7 Å². The van der Waals surface area contributed by atoms with Gasteiger partial charge in [0.15, 0.2) is 0 Å². The Morgan fingerprint density at radius 2 is 1.96 bits per heavy atom. The van der Waals surface area contributed by atoms with Gasteiger partial charge in [-0.05, 0) is 24.3 Å². The molecule has 7 heteroatoms. The number of hydrogen-bond donors (Lipinski definition) is 0. The molecule has 0 aliphatic carbocycles. The largest absolute Gasteiger partial charge is 0.465 e. The van der Waals surface area contributed by atoms with E-state index in [0.717, 1.165) is 0 Å². The van der Waals surface area contributed by atoms with Crippen molar-refractivity contribution in [2.45, 2.75) is 5.88 Å². The average Bonchev–Trinajstić information content (AvgIpc) is 2.61. The zero-order valence-electron chi connectivity index (χ0n) is 12.6. The molecule has 3 aromatic rings. The summed E-state index contributed by atoms with van der Waals surface area (Å²) in [6.07, 6.45) is 0. The molecule has 24 heavy (non-hydrogen) atoms. The van der Waals surface area contributed by atoms with Gasteiger partial charge in [0.1, 0.15) is 5.82 Å². The smallest absolute Gasteiger partial charge is 0.339 e. The molecule has 0 aliphatic rings. The molecular weight excluding hydrogens is 351 g/mol. The van der Waals surface area contributed by atoms with E-state index in [2.05, 4.69) is 4.98 Å². The predicted molar refractivity (Wildman–Crippen MR) is 93.2 cm³/mol. The van der Waals surface area contributed by atoms with E-state index in [9.17, 15) is 9.59 Å². The first-order valence-electron chi connectivity index (χ1n) is 7.02. The molecule has 3 rings (SSSR count). The number of fused-ring (bicyclic) bond motifs is 1. The molecule has 0 fully saturated rings. The predicted octanol–water partition coefficient (Wildman–Crippen LogP) is 3.56. The van der Waals surface area contributed by atoms with Crippen molar-refractivity contribution < 1.29 is 9.53 Å². The number of carbonyl (C=O) groups excluding carboxylic acids is 1. The number of methoxy groups -OCH3 is 1. The van der Waals surface area contributed by atoms with E-state index in [-0.39, 0.29) is 17.0 Å². The molecule has 0 saturated heterocycles. The lowest BCUT2D eigenvalue weighted by atomic mass is 10.1. The van der Waals surface area contributed by atoms with Crippen LogP contribution >= 0.6 is 23.2 Å². The minimum absolute atomic E-state index is 0.0219. The number of rotatable bonds is 3. The maximum absolute atomic E-state index is 13.0. The van der Waals surface area contributed by atoms with Gasteiger partial charge in [0.25, 0.3) is 5.56 Å². The second-order valence-electron chi connectivity index (χ2n) is 4.95. The summed E-state index contributed by atoms with van der Waals surface area (Å²) in [5.41, 5.74) is 0.636. The highest BCUT2D eigenvalue weighted by atomic mass is 35.5. The molecule has 5 nitrogen and oxygen atoms in total. The van der Waals surface area contributed by atoms with E-state index in [4.69, 9.17) is 27.9 Å². The molecule has 0 aliphatic heterocycles. The Hall–Kier alpha value is -2.37. The Morgan fingerprint density at radius 3 is 2.67 bits per heavy atom. The van der Waals surface area contributed by atoms with Crippen molar-refractivity contribution in [1.29, 1.82) is 0 Å². The first-order chi connectivity index (χ1) is 11.6. The number of alkyl halides is 1. The highest BCUT2D eigenvalue weighted by Crippen LogP contribution is 2.22. The molecular formula is C17H12Cl2N2O3. The zero-order valence-corrected chi connectivity index (χ0v) is 14.1. The van der Waals surface area contributed by atoms with Crippen LogP contribution in [0.15, 0.2) is 47.3 Å². The van der Waals surface area contributed by atoms with Gasteiger partial charge in [-0.25, -0.2) is 9.78 Å².